The molecule has 1 atom stereocenters. The predicted octanol–water partition coefficient (Wildman–Crippen LogP) is 1.98. The summed E-state index contributed by atoms with van der Waals surface area (Å²) in [5.74, 6) is 0. The highest BCUT2D eigenvalue weighted by Gasteiger charge is 2.03. The molecule has 0 N–H and O–H groups in total. The largest absolute Gasteiger partial charge is 0.371 e. The van der Waals surface area contributed by atoms with E-state index in [2.05, 4.69) is 17.6 Å². The van der Waals surface area contributed by atoms with Crippen LogP contribution in [-0.2, 0) is 0 Å². The highest BCUT2D eigenvalue weighted by atomic mass is 35.5. The molecule has 1 heterocycles. The molecule has 0 aliphatic carbocycles. The Kier molecular flexibility index (Phi) is 3.89. The van der Waals surface area contributed by atoms with E-state index < -0.39 is 0 Å². The first kappa shape index (κ1) is 9.31. The van der Waals surface area contributed by atoms with E-state index in [-0.39, 0.29) is 12.4 Å². The average molecular weight is 158 g/mol. The third-order valence-corrected chi connectivity index (χ3v) is 1.45. The van der Waals surface area contributed by atoms with Crippen LogP contribution in [0.2, 0.25) is 0 Å². The summed E-state index contributed by atoms with van der Waals surface area (Å²) in [6.45, 7) is 3.71. The lowest BCUT2D eigenvalue weighted by atomic mass is 10.2. The lowest BCUT2D eigenvalue weighted by molar-refractivity contribution is 0.434. The van der Waals surface area contributed by atoms with Crippen molar-refractivity contribution < 1.29 is 0 Å². The van der Waals surface area contributed by atoms with Crippen LogP contribution in [0.25, 0.3) is 0 Å². The van der Waals surface area contributed by atoms with Gasteiger partial charge in [0.15, 0.2) is 0 Å². The fraction of sp³-hybridized carbons (Fsp3) is 0.250. The molecule has 1 aliphatic heterocycles. The topological polar surface area (TPSA) is 3.24 Å². The summed E-state index contributed by atoms with van der Waals surface area (Å²) in [7, 11) is 2.03. The lowest BCUT2D eigenvalue weighted by Crippen LogP contribution is -2.23. The summed E-state index contributed by atoms with van der Waals surface area (Å²) >= 11 is 0. The van der Waals surface area contributed by atoms with E-state index in [1.165, 1.54) is 0 Å². The van der Waals surface area contributed by atoms with Gasteiger partial charge in [0, 0.05) is 7.05 Å². The van der Waals surface area contributed by atoms with Gasteiger partial charge >= 0.3 is 0 Å². The Bertz CT molecular complexity index is 161. The Hall–Kier alpha value is -0.690. The van der Waals surface area contributed by atoms with E-state index in [1.54, 1.807) is 0 Å². The highest BCUT2D eigenvalue weighted by molar-refractivity contribution is 5.85. The maximum absolute atomic E-state index is 3.71. The number of halogens is 1. The quantitative estimate of drug-likeness (QED) is 0.527. The van der Waals surface area contributed by atoms with Crippen LogP contribution in [0.15, 0.2) is 37.1 Å². The standard InChI is InChI=1S/C8H11N.ClH/c1-3-8-6-4-5-7-9(8)2;/h3-8H,1H2,2H3;1H. The fourth-order valence-corrected chi connectivity index (χ4v) is 0.843. The number of nitrogens with zero attached hydrogens (tertiary/aromatic N) is 1. The average Bonchev–Trinajstić information content (AvgIpc) is 1.89. The highest BCUT2D eigenvalue weighted by Crippen LogP contribution is 2.04. The van der Waals surface area contributed by atoms with Crippen LogP contribution in [0.5, 0.6) is 0 Å². The molecule has 0 aromatic heterocycles. The molecule has 0 saturated heterocycles. The van der Waals surface area contributed by atoms with Crippen molar-refractivity contribution in [3.8, 4) is 0 Å². The van der Waals surface area contributed by atoms with Gasteiger partial charge in [-0.15, -0.1) is 19.0 Å². The molecular formula is C8H12ClN. The van der Waals surface area contributed by atoms with Crippen LogP contribution in [0.4, 0.5) is 0 Å². The molecule has 0 spiro atoms. The van der Waals surface area contributed by atoms with Gasteiger partial charge in [-0.2, -0.15) is 0 Å². The molecule has 0 fully saturated rings. The van der Waals surface area contributed by atoms with Gasteiger partial charge in [-0.25, -0.2) is 0 Å². The maximum Gasteiger partial charge on any atom is 0.0648 e. The smallest absolute Gasteiger partial charge is 0.0648 e. The third kappa shape index (κ3) is 1.92. The number of likely N-dealkylation sites (N-methyl/N-ethyl adjacent to an activating group) is 1. The minimum atomic E-state index is 0. The molecule has 1 nitrogen and oxygen atoms in total. The summed E-state index contributed by atoms with van der Waals surface area (Å²) in [6.07, 6.45) is 10.1. The van der Waals surface area contributed by atoms with Crippen molar-refractivity contribution in [2.45, 2.75) is 6.04 Å². The number of rotatable bonds is 1. The Morgan fingerprint density at radius 2 is 2.20 bits per heavy atom. The second-order valence-corrected chi connectivity index (χ2v) is 2.12. The van der Waals surface area contributed by atoms with Crippen molar-refractivity contribution in [2.75, 3.05) is 7.05 Å². The zero-order valence-corrected chi connectivity index (χ0v) is 6.84. The van der Waals surface area contributed by atoms with Crippen molar-refractivity contribution in [3.05, 3.63) is 37.1 Å². The van der Waals surface area contributed by atoms with Crippen LogP contribution < -0.4 is 0 Å². The molecular weight excluding hydrogens is 146 g/mol. The van der Waals surface area contributed by atoms with E-state index in [9.17, 15) is 0 Å². The molecule has 1 rings (SSSR count). The van der Waals surface area contributed by atoms with Crippen LogP contribution in [0.3, 0.4) is 0 Å². The first-order valence-electron chi connectivity index (χ1n) is 3.04. The second-order valence-electron chi connectivity index (χ2n) is 2.12. The zero-order chi connectivity index (χ0) is 6.69. The van der Waals surface area contributed by atoms with E-state index in [0.29, 0.717) is 6.04 Å². The summed E-state index contributed by atoms with van der Waals surface area (Å²) < 4.78 is 0. The minimum Gasteiger partial charge on any atom is -0.371 e. The van der Waals surface area contributed by atoms with Gasteiger partial charge in [-0.3, -0.25) is 0 Å². The molecule has 2 heteroatoms. The van der Waals surface area contributed by atoms with Gasteiger partial charge < -0.3 is 4.90 Å². The fourth-order valence-electron chi connectivity index (χ4n) is 0.843. The van der Waals surface area contributed by atoms with Crippen molar-refractivity contribution in [3.63, 3.8) is 0 Å². The van der Waals surface area contributed by atoms with Crippen LogP contribution >= 0.6 is 12.4 Å². The van der Waals surface area contributed by atoms with Gasteiger partial charge in [-0.05, 0) is 12.3 Å². The van der Waals surface area contributed by atoms with Crippen LogP contribution in [0, 0.1) is 0 Å². The first-order chi connectivity index (χ1) is 4.34. The Morgan fingerprint density at radius 3 is 2.60 bits per heavy atom. The summed E-state index contributed by atoms with van der Waals surface area (Å²) in [5, 5.41) is 0. The molecule has 0 aromatic carbocycles. The molecule has 10 heavy (non-hydrogen) atoms. The van der Waals surface area contributed by atoms with Crippen molar-refractivity contribution >= 4 is 12.4 Å². The minimum absolute atomic E-state index is 0. The molecule has 0 saturated carbocycles. The molecule has 0 aromatic rings. The van der Waals surface area contributed by atoms with Crippen molar-refractivity contribution in [1.82, 2.24) is 4.90 Å². The van der Waals surface area contributed by atoms with E-state index >= 15 is 0 Å². The van der Waals surface area contributed by atoms with Crippen molar-refractivity contribution in [2.24, 2.45) is 0 Å². The van der Waals surface area contributed by atoms with Gasteiger partial charge in [-0.1, -0.05) is 18.2 Å². The van der Waals surface area contributed by atoms with Gasteiger partial charge in [0.1, 0.15) is 0 Å². The number of allylic oxidation sites excluding steroid dienone is 2. The molecule has 0 bridgehead atoms. The van der Waals surface area contributed by atoms with Crippen LogP contribution in [-0.4, -0.2) is 18.0 Å². The van der Waals surface area contributed by atoms with E-state index in [0.717, 1.165) is 0 Å². The van der Waals surface area contributed by atoms with E-state index in [1.807, 2.05) is 31.5 Å². The summed E-state index contributed by atoms with van der Waals surface area (Å²) in [6, 6.07) is 0.384. The first-order valence-corrected chi connectivity index (χ1v) is 3.04. The number of hydrogen-bond acceptors (Lipinski definition) is 1. The molecule has 1 unspecified atom stereocenters. The third-order valence-electron chi connectivity index (χ3n) is 1.45. The summed E-state index contributed by atoms with van der Waals surface area (Å²) in [5.41, 5.74) is 0. The Labute approximate surface area is 68.1 Å². The van der Waals surface area contributed by atoms with Gasteiger partial charge in [0.25, 0.3) is 0 Å². The predicted molar refractivity (Wildman–Crippen MR) is 47.3 cm³/mol. The van der Waals surface area contributed by atoms with Gasteiger partial charge in [0.05, 0.1) is 6.04 Å². The van der Waals surface area contributed by atoms with E-state index in [4.69, 9.17) is 0 Å². The second kappa shape index (κ2) is 4.18. The van der Waals surface area contributed by atoms with Crippen LogP contribution in [0.1, 0.15) is 0 Å². The van der Waals surface area contributed by atoms with Gasteiger partial charge in [0.2, 0.25) is 0 Å². The van der Waals surface area contributed by atoms with Crippen molar-refractivity contribution in [1.29, 1.82) is 0 Å². The Morgan fingerprint density at radius 1 is 1.50 bits per heavy atom. The molecule has 0 radical (unpaired) electrons. The molecule has 1 aliphatic rings. The summed E-state index contributed by atoms with van der Waals surface area (Å²) in [4.78, 5) is 2.10. The molecule has 0 amide bonds. The monoisotopic (exact) mass is 157 g/mol. The SMILES string of the molecule is C=CC1C=CC=CN1C.Cl. The number of hydrogen-bond donors (Lipinski definition) is 0. The normalized spacial score (nSPS) is 22.1. The zero-order valence-electron chi connectivity index (χ0n) is 6.03. The molecule has 56 valence electrons. The lowest BCUT2D eigenvalue weighted by Gasteiger charge is -2.22. The Balaban J connectivity index is 0.000000810. The maximum atomic E-state index is 3.71.